The van der Waals surface area contributed by atoms with E-state index in [-0.39, 0.29) is 0 Å². The first kappa shape index (κ1) is 9.77. The second-order valence-electron chi connectivity index (χ2n) is 3.72. The second-order valence-corrected chi connectivity index (χ2v) is 3.72. The monoisotopic (exact) mass is 182 g/mol. The van der Waals surface area contributed by atoms with Gasteiger partial charge in [-0.15, -0.1) is 0 Å². The highest BCUT2D eigenvalue weighted by molar-refractivity contribution is 5.79. The van der Waals surface area contributed by atoms with Crippen molar-refractivity contribution in [3.05, 3.63) is 17.5 Å². The van der Waals surface area contributed by atoms with Crippen LogP contribution >= 0.6 is 0 Å². The van der Waals surface area contributed by atoms with Gasteiger partial charge in [-0.3, -0.25) is 9.48 Å². The number of carboxylic acids is 1. The lowest BCUT2D eigenvalue weighted by Crippen LogP contribution is -2.30. The molecule has 0 saturated carbocycles. The maximum atomic E-state index is 10.9. The molecule has 1 N–H and O–H groups in total. The van der Waals surface area contributed by atoms with Crippen LogP contribution in [-0.2, 0) is 17.3 Å². The number of hydrogen-bond acceptors (Lipinski definition) is 2. The SMILES string of the molecule is Cc1cc(C(C)(C)C(=O)O)n(C)n1. The Hall–Kier alpha value is -1.32. The summed E-state index contributed by atoms with van der Waals surface area (Å²) in [4.78, 5) is 10.9. The van der Waals surface area contributed by atoms with Crippen molar-refractivity contribution in [1.29, 1.82) is 0 Å². The van der Waals surface area contributed by atoms with Crippen LogP contribution in [0.4, 0.5) is 0 Å². The number of hydrogen-bond donors (Lipinski definition) is 1. The molecule has 1 aromatic rings. The van der Waals surface area contributed by atoms with Crippen LogP contribution in [0.5, 0.6) is 0 Å². The first-order chi connectivity index (χ1) is 5.85. The van der Waals surface area contributed by atoms with Gasteiger partial charge < -0.3 is 5.11 Å². The van der Waals surface area contributed by atoms with Crippen LogP contribution in [0.1, 0.15) is 25.2 Å². The van der Waals surface area contributed by atoms with Gasteiger partial charge in [0.25, 0.3) is 0 Å². The molecule has 1 aromatic heterocycles. The zero-order valence-electron chi connectivity index (χ0n) is 8.33. The zero-order valence-corrected chi connectivity index (χ0v) is 8.33. The third kappa shape index (κ3) is 1.56. The number of rotatable bonds is 2. The highest BCUT2D eigenvalue weighted by Crippen LogP contribution is 2.23. The van der Waals surface area contributed by atoms with Crippen molar-refractivity contribution in [3.8, 4) is 0 Å². The van der Waals surface area contributed by atoms with E-state index in [2.05, 4.69) is 5.10 Å². The zero-order chi connectivity index (χ0) is 10.2. The van der Waals surface area contributed by atoms with Crippen LogP contribution in [0.3, 0.4) is 0 Å². The summed E-state index contributed by atoms with van der Waals surface area (Å²) < 4.78 is 1.61. The molecule has 4 nitrogen and oxygen atoms in total. The molecule has 1 heterocycles. The number of carboxylic acid groups (broad SMARTS) is 1. The van der Waals surface area contributed by atoms with Gasteiger partial charge >= 0.3 is 5.97 Å². The van der Waals surface area contributed by atoms with Crippen molar-refractivity contribution < 1.29 is 9.90 Å². The fraction of sp³-hybridized carbons (Fsp3) is 0.556. The van der Waals surface area contributed by atoms with E-state index >= 15 is 0 Å². The van der Waals surface area contributed by atoms with E-state index in [1.54, 1.807) is 31.6 Å². The fourth-order valence-electron chi connectivity index (χ4n) is 1.31. The van der Waals surface area contributed by atoms with Crippen LogP contribution in [0.2, 0.25) is 0 Å². The quantitative estimate of drug-likeness (QED) is 0.744. The molecule has 0 spiro atoms. The maximum absolute atomic E-state index is 10.9. The van der Waals surface area contributed by atoms with E-state index in [0.29, 0.717) is 0 Å². The van der Waals surface area contributed by atoms with Gasteiger partial charge in [-0.1, -0.05) is 0 Å². The van der Waals surface area contributed by atoms with Crippen molar-refractivity contribution in [2.75, 3.05) is 0 Å². The molecule has 0 bridgehead atoms. The molecule has 0 unspecified atom stereocenters. The third-order valence-electron chi connectivity index (χ3n) is 2.18. The number of nitrogens with zero attached hydrogens (tertiary/aromatic N) is 2. The largest absolute Gasteiger partial charge is 0.481 e. The van der Waals surface area contributed by atoms with Gasteiger partial charge in [0.1, 0.15) is 5.41 Å². The van der Waals surface area contributed by atoms with E-state index in [4.69, 9.17) is 5.11 Å². The van der Waals surface area contributed by atoms with Gasteiger partial charge in [-0.25, -0.2) is 0 Å². The molecule has 0 saturated heterocycles. The Labute approximate surface area is 77.2 Å². The minimum absolute atomic E-state index is 0.720. The molecule has 0 atom stereocenters. The summed E-state index contributed by atoms with van der Waals surface area (Å²) in [6.07, 6.45) is 0. The Kier molecular flexibility index (Phi) is 2.15. The topological polar surface area (TPSA) is 55.1 Å². The van der Waals surface area contributed by atoms with Crippen molar-refractivity contribution in [2.24, 2.45) is 7.05 Å². The molecule has 1 rings (SSSR count). The van der Waals surface area contributed by atoms with Crippen molar-refractivity contribution >= 4 is 5.97 Å². The van der Waals surface area contributed by atoms with Crippen molar-refractivity contribution in [1.82, 2.24) is 9.78 Å². The smallest absolute Gasteiger partial charge is 0.315 e. The highest BCUT2D eigenvalue weighted by atomic mass is 16.4. The van der Waals surface area contributed by atoms with Crippen LogP contribution in [0.15, 0.2) is 6.07 Å². The van der Waals surface area contributed by atoms with Gasteiger partial charge in [0, 0.05) is 7.05 Å². The van der Waals surface area contributed by atoms with E-state index in [1.165, 1.54) is 0 Å². The Bertz CT molecular complexity index is 339. The first-order valence-corrected chi connectivity index (χ1v) is 4.10. The molecular formula is C9H14N2O2. The fourth-order valence-corrected chi connectivity index (χ4v) is 1.31. The number of aliphatic carboxylic acids is 1. The minimum atomic E-state index is -0.879. The van der Waals surface area contributed by atoms with Crippen LogP contribution < -0.4 is 0 Å². The Morgan fingerprint density at radius 3 is 2.46 bits per heavy atom. The molecule has 13 heavy (non-hydrogen) atoms. The summed E-state index contributed by atoms with van der Waals surface area (Å²) in [6, 6.07) is 1.80. The Morgan fingerprint density at radius 2 is 2.15 bits per heavy atom. The second kappa shape index (κ2) is 2.87. The molecule has 0 aliphatic carbocycles. The minimum Gasteiger partial charge on any atom is -0.481 e. The maximum Gasteiger partial charge on any atom is 0.315 e. The van der Waals surface area contributed by atoms with E-state index in [9.17, 15) is 4.79 Å². The summed E-state index contributed by atoms with van der Waals surface area (Å²) in [7, 11) is 1.76. The van der Waals surface area contributed by atoms with E-state index < -0.39 is 11.4 Å². The van der Waals surface area contributed by atoms with Crippen LogP contribution in [0.25, 0.3) is 0 Å². The van der Waals surface area contributed by atoms with Gasteiger partial charge in [0.05, 0.1) is 11.4 Å². The van der Waals surface area contributed by atoms with E-state index in [0.717, 1.165) is 11.4 Å². The van der Waals surface area contributed by atoms with Crippen molar-refractivity contribution in [3.63, 3.8) is 0 Å². The normalized spacial score (nSPS) is 11.7. The molecule has 0 aliphatic heterocycles. The lowest BCUT2D eigenvalue weighted by Gasteiger charge is -2.18. The third-order valence-corrected chi connectivity index (χ3v) is 2.18. The van der Waals surface area contributed by atoms with Gasteiger partial charge in [0.15, 0.2) is 0 Å². The Balaban J connectivity index is 3.21. The van der Waals surface area contributed by atoms with Crippen LogP contribution in [0, 0.1) is 6.92 Å². The standard InChI is InChI=1S/C9H14N2O2/c1-6-5-7(11(4)10-6)9(2,3)8(12)13/h5H,1-4H3,(H,12,13). The average Bonchev–Trinajstić information content (AvgIpc) is 2.30. The summed E-state index contributed by atoms with van der Waals surface area (Å²) in [5.41, 5.74) is 0.681. The molecule has 4 heteroatoms. The predicted octanol–water partition coefficient (Wildman–Crippen LogP) is 1.09. The Morgan fingerprint density at radius 1 is 1.62 bits per heavy atom. The number of aryl methyl sites for hydroxylation is 2. The molecule has 0 aliphatic rings. The summed E-state index contributed by atoms with van der Waals surface area (Å²) in [5, 5.41) is 13.1. The summed E-state index contributed by atoms with van der Waals surface area (Å²) in [5.74, 6) is -0.837. The lowest BCUT2D eigenvalue weighted by atomic mass is 9.89. The molecular weight excluding hydrogens is 168 g/mol. The molecule has 0 radical (unpaired) electrons. The van der Waals surface area contributed by atoms with Crippen molar-refractivity contribution in [2.45, 2.75) is 26.2 Å². The number of aromatic nitrogens is 2. The van der Waals surface area contributed by atoms with Crippen LogP contribution in [-0.4, -0.2) is 20.9 Å². The summed E-state index contributed by atoms with van der Waals surface area (Å²) in [6.45, 7) is 5.19. The number of carbonyl (C=O) groups is 1. The molecule has 0 aromatic carbocycles. The summed E-state index contributed by atoms with van der Waals surface area (Å²) >= 11 is 0. The molecule has 0 fully saturated rings. The van der Waals surface area contributed by atoms with Gasteiger partial charge in [-0.2, -0.15) is 5.10 Å². The van der Waals surface area contributed by atoms with E-state index in [1.807, 2.05) is 6.92 Å². The molecule has 0 amide bonds. The first-order valence-electron chi connectivity index (χ1n) is 4.10. The van der Waals surface area contributed by atoms with Gasteiger partial charge in [-0.05, 0) is 26.8 Å². The lowest BCUT2D eigenvalue weighted by molar-refractivity contribution is -0.142. The predicted molar refractivity (Wildman–Crippen MR) is 48.6 cm³/mol. The highest BCUT2D eigenvalue weighted by Gasteiger charge is 2.32. The van der Waals surface area contributed by atoms with Gasteiger partial charge in [0.2, 0.25) is 0 Å². The molecule has 72 valence electrons. The average molecular weight is 182 g/mol.